The van der Waals surface area contributed by atoms with Crippen molar-refractivity contribution in [2.24, 2.45) is 0 Å². The number of rotatable bonds is 6. The van der Waals surface area contributed by atoms with Gasteiger partial charge in [0.25, 0.3) is 0 Å². The summed E-state index contributed by atoms with van der Waals surface area (Å²) in [4.78, 5) is 14.1. The number of hydrogen-bond acceptors (Lipinski definition) is 4. The molecule has 0 amide bonds. The van der Waals surface area contributed by atoms with Crippen LogP contribution in [0.4, 0.5) is 23.0 Å². The highest BCUT2D eigenvalue weighted by atomic mass is 79.9. The van der Waals surface area contributed by atoms with Gasteiger partial charge in [-0.15, -0.1) is 0 Å². The Morgan fingerprint density at radius 3 is 2.35 bits per heavy atom. The Labute approximate surface area is 146 Å². The lowest BCUT2D eigenvalue weighted by molar-refractivity contribution is 0.746. The second-order valence-electron chi connectivity index (χ2n) is 5.83. The van der Waals surface area contributed by atoms with Crippen molar-refractivity contribution in [2.75, 3.05) is 22.9 Å². The highest BCUT2D eigenvalue weighted by Crippen LogP contribution is 2.46. The summed E-state index contributed by atoms with van der Waals surface area (Å²) >= 11 is 3.52. The second kappa shape index (κ2) is 7.30. The van der Waals surface area contributed by atoms with Crippen LogP contribution in [0, 0.1) is 0 Å². The first-order chi connectivity index (χ1) is 11.3. The largest absolute Gasteiger partial charge is 0.335 e. The van der Waals surface area contributed by atoms with Crippen LogP contribution in [0.5, 0.6) is 0 Å². The summed E-state index contributed by atoms with van der Waals surface area (Å²) in [6.45, 7) is 6.38. The Balaban J connectivity index is 2.10. The molecule has 0 N–H and O–H groups in total. The monoisotopic (exact) mass is 374 g/mol. The maximum absolute atomic E-state index is 4.77. The smallest absolute Gasteiger partial charge is 0.159 e. The Hall–Kier alpha value is -1.62. The fourth-order valence-corrected chi connectivity index (χ4v) is 3.25. The van der Waals surface area contributed by atoms with E-state index in [0.717, 1.165) is 48.6 Å². The molecule has 0 unspecified atom stereocenters. The molecule has 5 heteroatoms. The third kappa shape index (κ3) is 3.20. The summed E-state index contributed by atoms with van der Waals surface area (Å²) in [5.41, 5.74) is 2.37. The molecule has 0 aromatic carbocycles. The quantitative estimate of drug-likeness (QED) is 0.631. The first-order valence-electron chi connectivity index (χ1n) is 8.43. The van der Waals surface area contributed by atoms with Crippen LogP contribution in [-0.2, 0) is 0 Å². The number of anilines is 4. The zero-order valence-corrected chi connectivity index (χ0v) is 15.4. The number of hydrogen-bond donors (Lipinski definition) is 0. The maximum atomic E-state index is 4.77. The van der Waals surface area contributed by atoms with Crippen molar-refractivity contribution >= 4 is 38.9 Å². The maximum Gasteiger partial charge on any atom is 0.159 e. The molecule has 4 nitrogen and oxygen atoms in total. The molecule has 0 saturated heterocycles. The van der Waals surface area contributed by atoms with E-state index in [1.807, 2.05) is 18.3 Å². The highest BCUT2D eigenvalue weighted by molar-refractivity contribution is 9.10. The molecule has 0 saturated carbocycles. The predicted octanol–water partition coefficient (Wildman–Crippen LogP) is 5.43. The zero-order chi connectivity index (χ0) is 16.2. The molecule has 1 aliphatic rings. The molecule has 0 radical (unpaired) electrons. The van der Waals surface area contributed by atoms with Gasteiger partial charge < -0.3 is 9.80 Å². The van der Waals surface area contributed by atoms with Gasteiger partial charge in [-0.3, -0.25) is 0 Å². The molecule has 122 valence electrons. The highest BCUT2D eigenvalue weighted by Gasteiger charge is 2.29. The van der Waals surface area contributed by atoms with Crippen molar-refractivity contribution in [3.8, 4) is 0 Å². The number of pyridine rings is 2. The van der Waals surface area contributed by atoms with Crippen molar-refractivity contribution < 1.29 is 0 Å². The fourth-order valence-electron chi connectivity index (χ4n) is 2.95. The number of halogens is 1. The summed E-state index contributed by atoms with van der Waals surface area (Å²) in [6.07, 6.45) is 6.47. The lowest BCUT2D eigenvalue weighted by atomic mass is 10.1. The van der Waals surface area contributed by atoms with Crippen molar-refractivity contribution in [3.63, 3.8) is 0 Å². The molecule has 0 bridgehead atoms. The first kappa shape index (κ1) is 16.2. The normalized spacial score (nSPS) is 13.0. The fraction of sp³-hybridized carbons (Fsp3) is 0.444. The molecule has 3 heterocycles. The van der Waals surface area contributed by atoms with E-state index in [2.05, 4.69) is 56.7 Å². The second-order valence-corrected chi connectivity index (χ2v) is 6.65. The van der Waals surface area contributed by atoms with E-state index in [4.69, 9.17) is 4.98 Å². The molecule has 2 aromatic heterocycles. The van der Waals surface area contributed by atoms with Crippen molar-refractivity contribution in [1.29, 1.82) is 0 Å². The van der Waals surface area contributed by atoms with Gasteiger partial charge in [-0.2, -0.15) is 0 Å². The van der Waals surface area contributed by atoms with E-state index < -0.39 is 0 Å². The summed E-state index contributed by atoms with van der Waals surface area (Å²) in [5, 5.41) is 0. The Kier molecular flexibility index (Phi) is 5.16. The number of unbranched alkanes of at least 4 members (excludes halogenated alkanes) is 2. The van der Waals surface area contributed by atoms with Crippen LogP contribution in [0.3, 0.4) is 0 Å². The van der Waals surface area contributed by atoms with E-state index in [-0.39, 0.29) is 0 Å². The Morgan fingerprint density at radius 2 is 1.61 bits per heavy atom. The van der Waals surface area contributed by atoms with Gasteiger partial charge in [-0.25, -0.2) is 9.97 Å². The van der Waals surface area contributed by atoms with Crippen LogP contribution in [0.25, 0.3) is 0 Å². The van der Waals surface area contributed by atoms with Gasteiger partial charge in [-0.05, 0) is 53.0 Å². The van der Waals surface area contributed by atoms with Crippen LogP contribution >= 0.6 is 15.9 Å². The molecule has 23 heavy (non-hydrogen) atoms. The SMILES string of the molecule is CCCCN1c2cccnc2N(CCCC)c2nc(Br)ccc21. The third-order valence-corrected chi connectivity index (χ3v) is 4.59. The van der Waals surface area contributed by atoms with E-state index >= 15 is 0 Å². The minimum Gasteiger partial charge on any atom is -0.335 e. The van der Waals surface area contributed by atoms with Gasteiger partial charge in [0, 0.05) is 19.3 Å². The van der Waals surface area contributed by atoms with Crippen LogP contribution in [-0.4, -0.2) is 23.1 Å². The van der Waals surface area contributed by atoms with E-state index in [1.54, 1.807) is 0 Å². The zero-order valence-electron chi connectivity index (χ0n) is 13.8. The molecule has 0 atom stereocenters. The van der Waals surface area contributed by atoms with Crippen LogP contribution < -0.4 is 9.80 Å². The minimum atomic E-state index is 0.868. The molecular weight excluding hydrogens is 352 g/mol. The van der Waals surface area contributed by atoms with Crippen LogP contribution in [0.15, 0.2) is 35.1 Å². The van der Waals surface area contributed by atoms with Gasteiger partial charge in [0.1, 0.15) is 4.60 Å². The van der Waals surface area contributed by atoms with Crippen LogP contribution in [0.1, 0.15) is 39.5 Å². The average molecular weight is 375 g/mol. The molecule has 2 aromatic rings. The summed E-state index contributed by atoms with van der Waals surface area (Å²) in [7, 11) is 0. The third-order valence-electron chi connectivity index (χ3n) is 4.15. The molecule has 0 spiro atoms. The molecule has 0 fully saturated rings. The lowest BCUT2D eigenvalue weighted by Crippen LogP contribution is -2.32. The summed E-state index contributed by atoms with van der Waals surface area (Å²) in [5.74, 6) is 2.03. The minimum absolute atomic E-state index is 0.868. The Morgan fingerprint density at radius 1 is 0.913 bits per heavy atom. The van der Waals surface area contributed by atoms with Gasteiger partial charge in [0.05, 0.1) is 11.4 Å². The predicted molar refractivity (Wildman–Crippen MR) is 100 cm³/mol. The number of aromatic nitrogens is 2. The van der Waals surface area contributed by atoms with E-state index in [1.165, 1.54) is 17.8 Å². The molecular formula is C18H23BrN4. The van der Waals surface area contributed by atoms with Crippen molar-refractivity contribution in [2.45, 2.75) is 39.5 Å². The van der Waals surface area contributed by atoms with Crippen molar-refractivity contribution in [3.05, 3.63) is 35.1 Å². The molecule has 1 aliphatic heterocycles. The van der Waals surface area contributed by atoms with E-state index in [0.29, 0.717) is 0 Å². The number of fused-ring (bicyclic) bond motifs is 2. The molecule has 3 rings (SSSR count). The first-order valence-corrected chi connectivity index (χ1v) is 9.22. The van der Waals surface area contributed by atoms with Gasteiger partial charge >= 0.3 is 0 Å². The average Bonchev–Trinajstić information content (AvgIpc) is 2.58. The standard InChI is InChI=1S/C18H23BrN4/c1-3-5-12-22-14-8-7-11-20-17(14)23(13-6-4-2)18-15(22)9-10-16(19)21-18/h7-11H,3-6,12-13H2,1-2H3. The van der Waals surface area contributed by atoms with Crippen molar-refractivity contribution in [1.82, 2.24) is 9.97 Å². The number of nitrogens with zero attached hydrogens (tertiary/aromatic N) is 4. The topological polar surface area (TPSA) is 32.3 Å². The Bertz CT molecular complexity index is 674. The summed E-state index contributed by atoms with van der Waals surface area (Å²) < 4.78 is 0.868. The van der Waals surface area contributed by atoms with E-state index in [9.17, 15) is 0 Å². The molecule has 0 aliphatic carbocycles. The van der Waals surface area contributed by atoms with Gasteiger partial charge in [0.15, 0.2) is 11.6 Å². The van der Waals surface area contributed by atoms with Gasteiger partial charge in [-0.1, -0.05) is 26.7 Å². The lowest BCUT2D eigenvalue weighted by Gasteiger charge is -2.38. The van der Waals surface area contributed by atoms with Crippen LogP contribution in [0.2, 0.25) is 0 Å². The van der Waals surface area contributed by atoms with Gasteiger partial charge in [0.2, 0.25) is 0 Å². The summed E-state index contributed by atoms with van der Waals surface area (Å²) in [6, 6.07) is 8.38.